The normalized spacial score (nSPS) is 17.4. The molecule has 10 heteroatoms. The molecule has 2 unspecified atom stereocenters. The van der Waals surface area contributed by atoms with Crippen LogP contribution in [0.4, 0.5) is 4.79 Å². The van der Waals surface area contributed by atoms with Gasteiger partial charge in [-0.15, -0.1) is 0 Å². The van der Waals surface area contributed by atoms with Gasteiger partial charge in [0.1, 0.15) is 5.60 Å². The molecule has 214 valence electrons. The van der Waals surface area contributed by atoms with Gasteiger partial charge in [0.25, 0.3) is 5.91 Å². The highest BCUT2D eigenvalue weighted by Crippen LogP contribution is 2.33. The van der Waals surface area contributed by atoms with Crippen LogP contribution in [0.3, 0.4) is 0 Å². The zero-order valence-corrected chi connectivity index (χ0v) is 23.8. The van der Waals surface area contributed by atoms with E-state index >= 15 is 0 Å². The summed E-state index contributed by atoms with van der Waals surface area (Å²) in [5.74, 6) is -0.164. The highest BCUT2D eigenvalue weighted by atomic mass is 16.6. The second kappa shape index (κ2) is 14.2. The first kappa shape index (κ1) is 31.2. The second-order valence-corrected chi connectivity index (χ2v) is 10.8. The number of methoxy groups -OCH3 is 2. The molecule has 1 N–H and O–H groups in total. The van der Waals surface area contributed by atoms with Crippen LogP contribution in [-0.2, 0) is 14.3 Å². The van der Waals surface area contributed by atoms with Crippen molar-refractivity contribution in [2.75, 3.05) is 40.5 Å². The number of amides is 2. The van der Waals surface area contributed by atoms with Crippen LogP contribution in [0.15, 0.2) is 18.2 Å². The Bertz CT molecular complexity index is 943. The van der Waals surface area contributed by atoms with E-state index in [1.165, 1.54) is 0 Å². The van der Waals surface area contributed by atoms with Gasteiger partial charge < -0.3 is 33.9 Å². The van der Waals surface area contributed by atoms with Crippen LogP contribution in [0.2, 0.25) is 0 Å². The molecule has 1 aliphatic rings. The SMILES string of the molecule is COCCCOc1cc(C(=O)N(CC2CCN(C(=O)OC(C)(C)C)C2CCC(=O)O)C(C)C)ccc1OC. The summed E-state index contributed by atoms with van der Waals surface area (Å²) in [6.45, 7) is 11.1. The van der Waals surface area contributed by atoms with Crippen LogP contribution in [-0.4, -0.2) is 91.1 Å². The van der Waals surface area contributed by atoms with E-state index in [2.05, 4.69) is 0 Å². The van der Waals surface area contributed by atoms with E-state index in [1.54, 1.807) is 63.0 Å². The van der Waals surface area contributed by atoms with Crippen LogP contribution in [0.1, 0.15) is 70.7 Å². The van der Waals surface area contributed by atoms with Crippen LogP contribution >= 0.6 is 0 Å². The zero-order chi connectivity index (χ0) is 28.5. The number of carbonyl (C=O) groups excluding carboxylic acids is 2. The number of rotatable bonds is 13. The minimum Gasteiger partial charge on any atom is -0.493 e. The van der Waals surface area contributed by atoms with Crippen molar-refractivity contribution in [3.05, 3.63) is 23.8 Å². The molecule has 1 fully saturated rings. The van der Waals surface area contributed by atoms with Crippen molar-refractivity contribution in [3.8, 4) is 11.5 Å². The first-order chi connectivity index (χ1) is 17.9. The second-order valence-electron chi connectivity index (χ2n) is 10.8. The van der Waals surface area contributed by atoms with Gasteiger partial charge in [-0.1, -0.05) is 0 Å². The molecule has 10 nitrogen and oxygen atoms in total. The Morgan fingerprint density at radius 1 is 1.13 bits per heavy atom. The molecule has 1 heterocycles. The molecular formula is C28H44N2O8. The number of hydrogen-bond acceptors (Lipinski definition) is 7. The Balaban J connectivity index is 2.25. The minimum atomic E-state index is -0.923. The van der Waals surface area contributed by atoms with E-state index in [-0.39, 0.29) is 30.3 Å². The molecule has 0 aliphatic carbocycles. The molecule has 38 heavy (non-hydrogen) atoms. The van der Waals surface area contributed by atoms with E-state index in [0.29, 0.717) is 62.6 Å². The third-order valence-corrected chi connectivity index (χ3v) is 6.44. The molecule has 2 rings (SSSR count). The third kappa shape index (κ3) is 9.08. The lowest BCUT2D eigenvalue weighted by Gasteiger charge is -2.34. The lowest BCUT2D eigenvalue weighted by molar-refractivity contribution is -0.137. The summed E-state index contributed by atoms with van der Waals surface area (Å²) in [4.78, 5) is 41.3. The number of benzene rings is 1. The van der Waals surface area contributed by atoms with Crippen molar-refractivity contribution in [1.82, 2.24) is 9.80 Å². The lowest BCUT2D eigenvalue weighted by atomic mass is 9.94. The smallest absolute Gasteiger partial charge is 0.410 e. The van der Waals surface area contributed by atoms with Crippen LogP contribution < -0.4 is 9.47 Å². The number of carbonyl (C=O) groups is 3. The van der Waals surface area contributed by atoms with Gasteiger partial charge in [-0.25, -0.2) is 4.79 Å². The maximum absolute atomic E-state index is 13.7. The highest BCUT2D eigenvalue weighted by Gasteiger charge is 2.40. The summed E-state index contributed by atoms with van der Waals surface area (Å²) in [6, 6.07) is 4.65. The summed E-state index contributed by atoms with van der Waals surface area (Å²) in [5.41, 5.74) is -0.199. The molecule has 0 aromatic heterocycles. The van der Waals surface area contributed by atoms with Gasteiger partial charge in [-0.05, 0) is 71.6 Å². The van der Waals surface area contributed by atoms with E-state index in [1.807, 2.05) is 13.8 Å². The van der Waals surface area contributed by atoms with Gasteiger partial charge in [0, 0.05) is 57.3 Å². The van der Waals surface area contributed by atoms with Gasteiger partial charge in [0.05, 0.1) is 13.7 Å². The Hall–Kier alpha value is -3.01. The largest absolute Gasteiger partial charge is 0.493 e. The molecule has 1 aromatic rings. The highest BCUT2D eigenvalue weighted by molar-refractivity contribution is 5.95. The molecule has 0 bridgehead atoms. The maximum atomic E-state index is 13.7. The van der Waals surface area contributed by atoms with Gasteiger partial charge in [0.2, 0.25) is 0 Å². The molecule has 0 spiro atoms. The summed E-state index contributed by atoms with van der Waals surface area (Å²) in [6.07, 6.45) is 1.11. The lowest BCUT2D eigenvalue weighted by Crippen LogP contribution is -2.46. The summed E-state index contributed by atoms with van der Waals surface area (Å²) in [5, 5.41) is 9.31. The quantitative estimate of drug-likeness (QED) is 0.368. The zero-order valence-electron chi connectivity index (χ0n) is 23.8. The number of hydrogen-bond donors (Lipinski definition) is 1. The molecule has 2 atom stereocenters. The van der Waals surface area contributed by atoms with Crippen LogP contribution in [0.5, 0.6) is 11.5 Å². The summed E-state index contributed by atoms with van der Waals surface area (Å²) < 4.78 is 21.9. The molecule has 0 radical (unpaired) electrons. The first-order valence-corrected chi connectivity index (χ1v) is 13.2. The van der Waals surface area contributed by atoms with Crippen molar-refractivity contribution >= 4 is 18.0 Å². The fourth-order valence-corrected chi connectivity index (χ4v) is 4.60. The third-order valence-electron chi connectivity index (χ3n) is 6.44. The topological polar surface area (TPSA) is 115 Å². The monoisotopic (exact) mass is 536 g/mol. The van der Waals surface area contributed by atoms with Gasteiger partial charge in [-0.2, -0.15) is 0 Å². The van der Waals surface area contributed by atoms with Crippen molar-refractivity contribution in [2.24, 2.45) is 5.92 Å². The van der Waals surface area contributed by atoms with Crippen LogP contribution in [0, 0.1) is 5.92 Å². The molecule has 1 aliphatic heterocycles. The Labute approximate surface area is 226 Å². The van der Waals surface area contributed by atoms with Crippen LogP contribution in [0.25, 0.3) is 0 Å². The standard InChI is InChI=1S/C28H44N2O8/c1-19(2)30(26(33)20-9-11-23(36-7)24(17-20)37-16-8-15-35-6)18-21-13-14-29(22(21)10-12-25(31)32)27(34)38-28(3,4)5/h9,11,17,19,21-22H,8,10,12-16,18H2,1-7H3,(H,31,32). The first-order valence-electron chi connectivity index (χ1n) is 13.2. The summed E-state index contributed by atoms with van der Waals surface area (Å²) in [7, 11) is 3.18. The number of ether oxygens (including phenoxy) is 4. The molecule has 2 amide bonds. The molecule has 1 saturated heterocycles. The van der Waals surface area contributed by atoms with E-state index < -0.39 is 17.7 Å². The minimum absolute atomic E-state index is 0.0711. The van der Waals surface area contributed by atoms with Gasteiger partial charge in [0.15, 0.2) is 11.5 Å². The predicted molar refractivity (Wildman–Crippen MR) is 143 cm³/mol. The number of aliphatic carboxylic acids is 1. The molecular weight excluding hydrogens is 492 g/mol. The van der Waals surface area contributed by atoms with E-state index in [9.17, 15) is 19.5 Å². The average Bonchev–Trinajstić information content (AvgIpc) is 3.24. The fourth-order valence-electron chi connectivity index (χ4n) is 4.60. The predicted octanol–water partition coefficient (Wildman–Crippen LogP) is 4.45. The van der Waals surface area contributed by atoms with Crippen molar-refractivity contribution in [3.63, 3.8) is 0 Å². The summed E-state index contributed by atoms with van der Waals surface area (Å²) >= 11 is 0. The number of nitrogens with zero attached hydrogens (tertiary/aromatic N) is 2. The van der Waals surface area contributed by atoms with E-state index in [0.717, 1.165) is 0 Å². The maximum Gasteiger partial charge on any atom is 0.410 e. The number of likely N-dealkylation sites (tertiary alicyclic amines) is 1. The fraction of sp³-hybridized carbons (Fsp3) is 0.679. The van der Waals surface area contributed by atoms with E-state index in [4.69, 9.17) is 18.9 Å². The number of carboxylic acid groups (broad SMARTS) is 1. The Kier molecular flexibility index (Phi) is 11.7. The Morgan fingerprint density at radius 2 is 1.84 bits per heavy atom. The van der Waals surface area contributed by atoms with Crippen molar-refractivity contribution in [1.29, 1.82) is 0 Å². The Morgan fingerprint density at radius 3 is 2.42 bits per heavy atom. The average molecular weight is 537 g/mol. The molecule has 0 saturated carbocycles. The number of carboxylic acids is 1. The molecule has 1 aromatic carbocycles. The van der Waals surface area contributed by atoms with Crippen molar-refractivity contribution < 1.29 is 38.4 Å². The van der Waals surface area contributed by atoms with Crippen molar-refractivity contribution in [2.45, 2.75) is 78.0 Å². The van der Waals surface area contributed by atoms with Gasteiger partial charge in [-0.3, -0.25) is 9.59 Å². The van der Waals surface area contributed by atoms with Gasteiger partial charge >= 0.3 is 12.1 Å².